The summed E-state index contributed by atoms with van der Waals surface area (Å²) in [6.45, 7) is 3.22. The molecule has 0 aliphatic carbocycles. The van der Waals surface area contributed by atoms with Crippen molar-refractivity contribution in [3.05, 3.63) is 52.5 Å². The van der Waals surface area contributed by atoms with Crippen LogP contribution in [0.4, 0.5) is 8.78 Å². The summed E-state index contributed by atoms with van der Waals surface area (Å²) in [4.78, 5) is 19.3. The number of benzene rings is 1. The Morgan fingerprint density at radius 2 is 2.00 bits per heavy atom. The maximum atomic E-state index is 13.6. The lowest BCUT2D eigenvalue weighted by molar-refractivity contribution is 0.0690. The molecule has 0 aliphatic rings. The summed E-state index contributed by atoms with van der Waals surface area (Å²) in [7, 11) is 0. The van der Waals surface area contributed by atoms with Gasteiger partial charge in [-0.2, -0.15) is 0 Å². The van der Waals surface area contributed by atoms with Gasteiger partial charge in [-0.05, 0) is 32.0 Å². The van der Waals surface area contributed by atoms with Gasteiger partial charge in [0.1, 0.15) is 28.0 Å². The number of rotatable bonds is 4. The lowest BCUT2D eigenvalue weighted by Gasteiger charge is -2.09. The van der Waals surface area contributed by atoms with Crippen LogP contribution in [0.15, 0.2) is 23.2 Å². The Bertz CT molecular complexity index is 708. The number of nitrogens with zero attached hydrogens (tertiary/aromatic N) is 2. The number of carboxylic acids is 1. The molecule has 110 valence electrons. The van der Waals surface area contributed by atoms with E-state index in [-0.39, 0.29) is 21.9 Å². The lowest BCUT2D eigenvalue weighted by Crippen LogP contribution is -2.08. The quantitative estimate of drug-likeness (QED) is 0.693. The van der Waals surface area contributed by atoms with E-state index >= 15 is 0 Å². The molecule has 0 fully saturated rings. The second kappa shape index (κ2) is 6.17. The predicted molar refractivity (Wildman–Crippen MR) is 74.4 cm³/mol. The fourth-order valence-corrected chi connectivity index (χ4v) is 2.92. The molecule has 1 aromatic heterocycles. The summed E-state index contributed by atoms with van der Waals surface area (Å²) in [6.07, 6.45) is 0. The third-order valence-electron chi connectivity index (χ3n) is 2.75. The van der Waals surface area contributed by atoms with Gasteiger partial charge in [-0.15, -0.1) is 11.8 Å². The van der Waals surface area contributed by atoms with Gasteiger partial charge in [0.25, 0.3) is 0 Å². The minimum absolute atomic E-state index is 0.0117. The van der Waals surface area contributed by atoms with Gasteiger partial charge in [-0.25, -0.2) is 23.5 Å². The molecule has 0 saturated heterocycles. The van der Waals surface area contributed by atoms with Crippen molar-refractivity contribution >= 4 is 17.7 Å². The van der Waals surface area contributed by atoms with Crippen molar-refractivity contribution in [2.24, 2.45) is 0 Å². The van der Waals surface area contributed by atoms with Crippen LogP contribution in [0.25, 0.3) is 0 Å². The number of aromatic nitrogens is 2. The third-order valence-corrected chi connectivity index (χ3v) is 3.78. The Labute approximate surface area is 124 Å². The Hall–Kier alpha value is -2.02. The first-order chi connectivity index (χ1) is 9.88. The monoisotopic (exact) mass is 310 g/mol. The molecule has 1 N–H and O–H groups in total. The first kappa shape index (κ1) is 15.4. The van der Waals surface area contributed by atoms with E-state index in [9.17, 15) is 18.7 Å². The van der Waals surface area contributed by atoms with Crippen molar-refractivity contribution in [2.75, 3.05) is 0 Å². The van der Waals surface area contributed by atoms with E-state index < -0.39 is 17.6 Å². The van der Waals surface area contributed by atoms with Crippen molar-refractivity contribution in [3.8, 4) is 0 Å². The van der Waals surface area contributed by atoms with Gasteiger partial charge in [0, 0.05) is 11.3 Å². The smallest absolute Gasteiger partial charge is 0.340 e. The largest absolute Gasteiger partial charge is 0.478 e. The molecule has 0 saturated carbocycles. The summed E-state index contributed by atoms with van der Waals surface area (Å²) < 4.78 is 26.7. The minimum atomic E-state index is -1.14. The number of carbonyl (C=O) groups is 1. The zero-order valence-corrected chi connectivity index (χ0v) is 12.2. The van der Waals surface area contributed by atoms with Crippen molar-refractivity contribution in [2.45, 2.75) is 24.6 Å². The number of aromatic carboxylic acids is 1. The maximum absolute atomic E-state index is 13.6. The molecule has 2 rings (SSSR count). The Balaban J connectivity index is 2.31. The Kier molecular flexibility index (Phi) is 4.52. The van der Waals surface area contributed by atoms with Crippen molar-refractivity contribution in [1.82, 2.24) is 9.97 Å². The van der Waals surface area contributed by atoms with Crippen LogP contribution in [0, 0.1) is 25.5 Å². The van der Waals surface area contributed by atoms with Crippen molar-refractivity contribution in [1.29, 1.82) is 0 Å². The molecule has 0 unspecified atom stereocenters. The summed E-state index contributed by atoms with van der Waals surface area (Å²) in [6, 6.07) is 3.16. The zero-order valence-electron chi connectivity index (χ0n) is 11.4. The maximum Gasteiger partial charge on any atom is 0.340 e. The topological polar surface area (TPSA) is 63.1 Å². The highest BCUT2D eigenvalue weighted by atomic mass is 32.2. The van der Waals surface area contributed by atoms with Gasteiger partial charge in [-0.1, -0.05) is 0 Å². The minimum Gasteiger partial charge on any atom is -0.478 e. The number of carboxylic acid groups (broad SMARTS) is 1. The molecule has 1 aromatic carbocycles. The third kappa shape index (κ3) is 3.55. The molecule has 0 amide bonds. The second-order valence-electron chi connectivity index (χ2n) is 4.37. The standard InChI is InChI=1S/C14H12F2N2O2S/c1-7-12(14(19)20)13(18-8(2)17-7)21-6-9-5-10(15)3-4-11(9)16/h3-5H,6H2,1-2H3,(H,19,20). The molecule has 2 aromatic rings. The number of thioether (sulfide) groups is 1. The van der Waals surface area contributed by atoms with Crippen LogP contribution >= 0.6 is 11.8 Å². The highest BCUT2D eigenvalue weighted by Gasteiger charge is 2.18. The van der Waals surface area contributed by atoms with Gasteiger partial charge in [-0.3, -0.25) is 0 Å². The van der Waals surface area contributed by atoms with E-state index in [4.69, 9.17) is 0 Å². The van der Waals surface area contributed by atoms with Gasteiger partial charge in [0.2, 0.25) is 0 Å². The summed E-state index contributed by atoms with van der Waals surface area (Å²) in [5.41, 5.74) is 0.491. The fraction of sp³-hybridized carbons (Fsp3) is 0.214. The molecule has 0 atom stereocenters. The molecule has 21 heavy (non-hydrogen) atoms. The summed E-state index contributed by atoms with van der Waals surface area (Å²) in [5.74, 6) is -1.71. The number of halogens is 2. The molecule has 0 radical (unpaired) electrons. The molecular weight excluding hydrogens is 298 g/mol. The molecule has 7 heteroatoms. The number of aryl methyl sites for hydroxylation is 2. The van der Waals surface area contributed by atoms with Gasteiger partial charge in [0.15, 0.2) is 0 Å². The Morgan fingerprint density at radius 3 is 2.67 bits per heavy atom. The number of hydrogen-bond acceptors (Lipinski definition) is 4. The van der Waals surface area contributed by atoms with Crippen LogP contribution in [-0.4, -0.2) is 21.0 Å². The van der Waals surface area contributed by atoms with Gasteiger partial charge in [0.05, 0.1) is 5.69 Å². The van der Waals surface area contributed by atoms with Gasteiger partial charge < -0.3 is 5.11 Å². The number of hydrogen-bond donors (Lipinski definition) is 1. The first-order valence-electron chi connectivity index (χ1n) is 6.03. The summed E-state index contributed by atoms with van der Waals surface area (Å²) >= 11 is 1.04. The molecule has 0 bridgehead atoms. The average Bonchev–Trinajstić information content (AvgIpc) is 2.38. The SMILES string of the molecule is Cc1nc(C)c(C(=O)O)c(SCc2cc(F)ccc2F)n1. The fourth-order valence-electron chi connectivity index (χ4n) is 1.83. The van der Waals surface area contributed by atoms with Crippen molar-refractivity contribution < 1.29 is 18.7 Å². The Morgan fingerprint density at radius 1 is 1.29 bits per heavy atom. The summed E-state index contributed by atoms with van der Waals surface area (Å²) in [5, 5.41) is 9.45. The van der Waals surface area contributed by atoms with E-state index in [1.807, 2.05) is 0 Å². The molecule has 0 aliphatic heterocycles. The molecule has 0 spiro atoms. The normalized spacial score (nSPS) is 10.7. The average molecular weight is 310 g/mol. The van der Waals surface area contributed by atoms with E-state index in [2.05, 4.69) is 9.97 Å². The highest BCUT2D eigenvalue weighted by Crippen LogP contribution is 2.27. The first-order valence-corrected chi connectivity index (χ1v) is 7.02. The van der Waals surface area contributed by atoms with E-state index in [0.29, 0.717) is 11.5 Å². The van der Waals surface area contributed by atoms with Crippen molar-refractivity contribution in [3.63, 3.8) is 0 Å². The lowest BCUT2D eigenvalue weighted by atomic mass is 10.2. The van der Waals surface area contributed by atoms with Crippen LogP contribution in [-0.2, 0) is 5.75 Å². The van der Waals surface area contributed by atoms with Gasteiger partial charge >= 0.3 is 5.97 Å². The van der Waals surface area contributed by atoms with Crippen LogP contribution in [0.3, 0.4) is 0 Å². The molecular formula is C14H12F2N2O2S. The zero-order chi connectivity index (χ0) is 15.6. The molecule has 4 nitrogen and oxygen atoms in total. The van der Waals surface area contributed by atoms with Crippen LogP contribution < -0.4 is 0 Å². The predicted octanol–water partition coefficient (Wildman–Crippen LogP) is 3.36. The van der Waals surface area contributed by atoms with Crippen LogP contribution in [0.1, 0.15) is 27.4 Å². The second-order valence-corrected chi connectivity index (χ2v) is 5.33. The van der Waals surface area contributed by atoms with E-state index in [1.165, 1.54) is 0 Å². The molecule has 1 heterocycles. The highest BCUT2D eigenvalue weighted by molar-refractivity contribution is 7.98. The van der Waals surface area contributed by atoms with Crippen LogP contribution in [0.2, 0.25) is 0 Å². The van der Waals surface area contributed by atoms with Crippen LogP contribution in [0.5, 0.6) is 0 Å². The van der Waals surface area contributed by atoms with E-state index in [1.54, 1.807) is 13.8 Å². The van der Waals surface area contributed by atoms with E-state index in [0.717, 1.165) is 30.0 Å².